The van der Waals surface area contributed by atoms with Crippen molar-refractivity contribution in [1.82, 2.24) is 0 Å². The van der Waals surface area contributed by atoms with Gasteiger partial charge in [0.15, 0.2) is 0 Å². The number of rotatable bonds is 3. The van der Waals surface area contributed by atoms with Crippen LogP contribution in [0, 0.1) is 0 Å². The van der Waals surface area contributed by atoms with E-state index in [4.69, 9.17) is 4.99 Å². The summed E-state index contributed by atoms with van der Waals surface area (Å²) in [6.45, 7) is 8.52. The zero-order valence-electron chi connectivity index (χ0n) is 15.5. The quantitative estimate of drug-likeness (QED) is 0.676. The minimum absolute atomic E-state index is 0.194. The molecular formula is C22H26N2S. The van der Waals surface area contributed by atoms with Gasteiger partial charge in [-0.05, 0) is 23.8 Å². The molecule has 0 aromatic heterocycles. The van der Waals surface area contributed by atoms with E-state index < -0.39 is 0 Å². The van der Waals surface area contributed by atoms with Gasteiger partial charge in [0, 0.05) is 34.5 Å². The second-order valence-corrected chi connectivity index (χ2v) is 9.16. The number of likely N-dealkylation sites (N-methyl/N-ethyl adjacent to an activating group) is 1. The van der Waals surface area contributed by atoms with Crippen LogP contribution in [0.3, 0.4) is 0 Å². The molecule has 2 aromatic rings. The minimum atomic E-state index is 0.194. The monoisotopic (exact) mass is 350 g/mol. The van der Waals surface area contributed by atoms with E-state index >= 15 is 0 Å². The maximum absolute atomic E-state index is 4.82. The first-order valence-corrected chi connectivity index (χ1v) is 9.57. The van der Waals surface area contributed by atoms with E-state index in [-0.39, 0.29) is 4.75 Å². The fourth-order valence-electron chi connectivity index (χ4n) is 2.90. The van der Waals surface area contributed by atoms with E-state index in [0.29, 0.717) is 0 Å². The molecule has 0 unspecified atom stereocenters. The number of allylic oxidation sites excluding steroid dienone is 1. The van der Waals surface area contributed by atoms with E-state index in [0.717, 1.165) is 18.8 Å². The average Bonchev–Trinajstić information content (AvgIpc) is 2.72. The van der Waals surface area contributed by atoms with Crippen molar-refractivity contribution >= 4 is 29.2 Å². The number of hydrogen-bond donors (Lipinski definition) is 0. The number of nitrogens with zero attached hydrogens (tertiary/aromatic N) is 2. The first-order valence-electron chi connectivity index (χ1n) is 8.75. The molecule has 0 amide bonds. The number of aliphatic imine (C=N–C) groups is 1. The summed E-state index contributed by atoms with van der Waals surface area (Å²) in [6.07, 6.45) is 4.37. The first-order chi connectivity index (χ1) is 11.9. The lowest BCUT2D eigenvalue weighted by atomic mass is 10.1. The molecule has 3 heteroatoms. The smallest absolute Gasteiger partial charge is 0.0668 e. The molecule has 25 heavy (non-hydrogen) atoms. The zero-order chi connectivity index (χ0) is 17.9. The second kappa shape index (κ2) is 7.49. The van der Waals surface area contributed by atoms with Crippen LogP contribution in [0.5, 0.6) is 0 Å². The van der Waals surface area contributed by atoms with Crippen LogP contribution in [0.15, 0.2) is 64.5 Å². The summed E-state index contributed by atoms with van der Waals surface area (Å²) in [5.74, 6) is 0. The van der Waals surface area contributed by atoms with Crippen LogP contribution in [0.25, 0.3) is 6.08 Å². The Morgan fingerprint density at radius 1 is 1.00 bits per heavy atom. The lowest BCUT2D eigenvalue weighted by molar-refractivity contribution is 0.802. The Labute approximate surface area is 155 Å². The summed E-state index contributed by atoms with van der Waals surface area (Å²) in [5, 5.41) is 0. The van der Waals surface area contributed by atoms with Crippen molar-refractivity contribution in [2.24, 2.45) is 4.99 Å². The van der Waals surface area contributed by atoms with Gasteiger partial charge in [0.2, 0.25) is 0 Å². The SMILES string of the molecule is CN1CCN=C(C=Cc2ccccc2SC(C)(C)C)c2ccccc21. The Balaban J connectivity index is 1.93. The lowest BCUT2D eigenvalue weighted by Crippen LogP contribution is -2.20. The number of thioether (sulfide) groups is 1. The molecule has 0 radical (unpaired) electrons. The van der Waals surface area contributed by atoms with Gasteiger partial charge in [-0.3, -0.25) is 4.99 Å². The van der Waals surface area contributed by atoms with Crippen molar-refractivity contribution in [3.05, 3.63) is 65.7 Å². The van der Waals surface area contributed by atoms with Gasteiger partial charge in [-0.2, -0.15) is 0 Å². The topological polar surface area (TPSA) is 15.6 Å². The molecule has 1 aliphatic rings. The van der Waals surface area contributed by atoms with Gasteiger partial charge in [0.25, 0.3) is 0 Å². The number of benzene rings is 2. The Bertz CT molecular complexity index is 800. The molecule has 3 rings (SSSR count). The molecule has 0 saturated heterocycles. The highest BCUT2D eigenvalue weighted by atomic mass is 32.2. The highest BCUT2D eigenvalue weighted by Gasteiger charge is 2.15. The molecule has 0 fully saturated rings. The number of benzodiazepines with no additional fused rings is 1. The minimum Gasteiger partial charge on any atom is -0.372 e. The summed E-state index contributed by atoms with van der Waals surface area (Å²) in [5.41, 5.74) is 4.77. The summed E-state index contributed by atoms with van der Waals surface area (Å²) in [7, 11) is 2.14. The van der Waals surface area contributed by atoms with Gasteiger partial charge in [-0.25, -0.2) is 0 Å². The summed E-state index contributed by atoms with van der Waals surface area (Å²) in [4.78, 5) is 8.41. The molecule has 1 aliphatic heterocycles. The van der Waals surface area contributed by atoms with Crippen molar-refractivity contribution in [3.8, 4) is 0 Å². The van der Waals surface area contributed by atoms with Crippen LogP contribution in [0.2, 0.25) is 0 Å². The molecule has 2 aromatic carbocycles. The fourth-order valence-corrected chi connectivity index (χ4v) is 3.96. The van der Waals surface area contributed by atoms with Gasteiger partial charge < -0.3 is 4.90 Å². The van der Waals surface area contributed by atoms with Crippen molar-refractivity contribution < 1.29 is 0 Å². The van der Waals surface area contributed by atoms with E-state index in [1.54, 1.807) is 0 Å². The van der Waals surface area contributed by atoms with Gasteiger partial charge in [-0.1, -0.05) is 63.2 Å². The summed E-state index contributed by atoms with van der Waals surface area (Å²) in [6, 6.07) is 17.1. The molecule has 0 spiro atoms. The van der Waals surface area contributed by atoms with Crippen molar-refractivity contribution in [3.63, 3.8) is 0 Å². The zero-order valence-corrected chi connectivity index (χ0v) is 16.3. The van der Waals surface area contributed by atoms with Crippen LogP contribution in [0.4, 0.5) is 5.69 Å². The van der Waals surface area contributed by atoms with Crippen LogP contribution in [-0.4, -0.2) is 30.6 Å². The first kappa shape index (κ1) is 17.8. The van der Waals surface area contributed by atoms with Crippen molar-refractivity contribution in [2.75, 3.05) is 25.0 Å². The van der Waals surface area contributed by atoms with Gasteiger partial charge >= 0.3 is 0 Å². The Morgan fingerprint density at radius 2 is 1.72 bits per heavy atom. The molecular weight excluding hydrogens is 324 g/mol. The van der Waals surface area contributed by atoms with E-state index in [1.165, 1.54) is 21.7 Å². The highest BCUT2D eigenvalue weighted by Crippen LogP contribution is 2.34. The molecule has 0 bridgehead atoms. The predicted octanol–water partition coefficient (Wildman–Crippen LogP) is 5.53. The third kappa shape index (κ3) is 4.55. The predicted molar refractivity (Wildman–Crippen MR) is 112 cm³/mol. The van der Waals surface area contributed by atoms with E-state index in [1.807, 2.05) is 11.8 Å². The lowest BCUT2D eigenvalue weighted by Gasteiger charge is -2.19. The molecule has 0 saturated carbocycles. The van der Waals surface area contributed by atoms with Crippen molar-refractivity contribution in [2.45, 2.75) is 30.4 Å². The molecule has 0 aliphatic carbocycles. The van der Waals surface area contributed by atoms with Crippen LogP contribution >= 0.6 is 11.8 Å². The standard InChI is InChI=1S/C22H26N2S/c1-22(2,3)25-21-12-8-5-9-17(21)13-14-19-18-10-6-7-11-20(18)24(4)16-15-23-19/h5-14H,15-16H2,1-4H3. The second-order valence-electron chi connectivity index (χ2n) is 7.29. The van der Waals surface area contributed by atoms with E-state index in [2.05, 4.69) is 93.4 Å². The third-order valence-electron chi connectivity index (χ3n) is 4.06. The Morgan fingerprint density at radius 3 is 2.52 bits per heavy atom. The van der Waals surface area contributed by atoms with E-state index in [9.17, 15) is 0 Å². The van der Waals surface area contributed by atoms with Crippen LogP contribution in [-0.2, 0) is 0 Å². The van der Waals surface area contributed by atoms with Crippen molar-refractivity contribution in [1.29, 1.82) is 0 Å². The molecule has 0 N–H and O–H groups in total. The molecule has 2 nitrogen and oxygen atoms in total. The number of hydrogen-bond acceptors (Lipinski definition) is 3. The molecule has 130 valence electrons. The van der Waals surface area contributed by atoms with Crippen LogP contribution < -0.4 is 4.90 Å². The maximum atomic E-state index is 4.82. The molecule has 1 heterocycles. The summed E-state index contributed by atoms with van der Waals surface area (Å²) >= 11 is 1.90. The highest BCUT2D eigenvalue weighted by molar-refractivity contribution is 8.00. The number of para-hydroxylation sites is 1. The van der Waals surface area contributed by atoms with Gasteiger partial charge in [0.1, 0.15) is 0 Å². The summed E-state index contributed by atoms with van der Waals surface area (Å²) < 4.78 is 0.194. The molecule has 0 atom stereocenters. The maximum Gasteiger partial charge on any atom is 0.0668 e. The Kier molecular flexibility index (Phi) is 5.33. The third-order valence-corrected chi connectivity index (χ3v) is 5.27. The average molecular weight is 351 g/mol. The largest absolute Gasteiger partial charge is 0.372 e. The van der Waals surface area contributed by atoms with Crippen LogP contribution in [0.1, 0.15) is 31.9 Å². The van der Waals surface area contributed by atoms with Gasteiger partial charge in [-0.15, -0.1) is 11.8 Å². The number of anilines is 1. The Hall–Kier alpha value is -2.00. The fraction of sp³-hybridized carbons (Fsp3) is 0.318. The van der Waals surface area contributed by atoms with Gasteiger partial charge in [0.05, 0.1) is 12.3 Å². The number of fused-ring (bicyclic) bond motifs is 1. The normalized spacial score (nSPS) is 15.0.